The smallest absolute Gasteiger partial charge is 0.389 e. The number of benzene rings is 2. The number of urea groups is 1. The van der Waals surface area contributed by atoms with Gasteiger partial charge in [0.1, 0.15) is 16.9 Å². The molecule has 0 radical (unpaired) electrons. The van der Waals surface area contributed by atoms with Gasteiger partial charge in [-0.2, -0.15) is 8.78 Å². The maximum absolute atomic E-state index is 14.9. The number of rotatable bonds is 7. The minimum Gasteiger partial charge on any atom is -0.401 e. The van der Waals surface area contributed by atoms with E-state index in [0.717, 1.165) is 6.07 Å². The molecule has 3 amide bonds. The van der Waals surface area contributed by atoms with Crippen LogP contribution in [0.15, 0.2) is 42.7 Å². The molecule has 1 atom stereocenters. The Hall–Kier alpha value is -3.93. The van der Waals surface area contributed by atoms with Crippen molar-refractivity contribution in [3.8, 4) is 17.1 Å². The molecule has 1 aliphatic rings. The van der Waals surface area contributed by atoms with Crippen LogP contribution in [-0.2, 0) is 11.2 Å². The largest absolute Gasteiger partial charge is 0.401 e. The Bertz CT molecular complexity index is 1280. The highest BCUT2D eigenvalue weighted by Gasteiger charge is 2.28. The van der Waals surface area contributed by atoms with E-state index in [-0.39, 0.29) is 29.8 Å². The number of nitrogens with one attached hydrogen (secondary N) is 3. The van der Waals surface area contributed by atoms with Gasteiger partial charge in [-0.3, -0.25) is 4.79 Å². The average molecular weight is 510 g/mol. The van der Waals surface area contributed by atoms with Gasteiger partial charge in [-0.1, -0.05) is 23.7 Å². The molecule has 3 aromatic rings. The van der Waals surface area contributed by atoms with Gasteiger partial charge < -0.3 is 20.7 Å². The van der Waals surface area contributed by atoms with Crippen molar-refractivity contribution in [2.24, 2.45) is 0 Å². The third kappa shape index (κ3) is 5.43. The van der Waals surface area contributed by atoms with Gasteiger partial charge in [0.05, 0.1) is 0 Å². The Morgan fingerprint density at radius 2 is 1.91 bits per heavy atom. The number of ether oxygens (including phenoxy) is 1. The first-order valence-corrected chi connectivity index (χ1v) is 10.5. The van der Waals surface area contributed by atoms with Crippen molar-refractivity contribution in [2.45, 2.75) is 19.1 Å². The zero-order chi connectivity index (χ0) is 25.1. The molecule has 0 aliphatic carbocycles. The van der Waals surface area contributed by atoms with E-state index in [0.29, 0.717) is 11.1 Å². The minimum absolute atomic E-state index is 0.0183. The van der Waals surface area contributed by atoms with E-state index in [1.54, 1.807) is 18.2 Å². The Morgan fingerprint density at radius 1 is 1.17 bits per heavy atom. The van der Waals surface area contributed by atoms with Gasteiger partial charge in [0.2, 0.25) is 5.91 Å². The summed E-state index contributed by atoms with van der Waals surface area (Å²) in [7, 11) is 0. The number of anilines is 1. The lowest BCUT2D eigenvalue weighted by molar-refractivity contribution is -0.117. The highest BCUT2D eigenvalue weighted by molar-refractivity contribution is 6.31. The fourth-order valence-corrected chi connectivity index (χ4v) is 3.66. The molecular weight excluding hydrogens is 494 g/mol. The van der Waals surface area contributed by atoms with E-state index < -0.39 is 47.3 Å². The van der Waals surface area contributed by atoms with Gasteiger partial charge >= 0.3 is 18.7 Å². The van der Waals surface area contributed by atoms with Crippen LogP contribution in [0.25, 0.3) is 11.1 Å². The van der Waals surface area contributed by atoms with Crippen molar-refractivity contribution in [1.82, 2.24) is 20.6 Å². The van der Waals surface area contributed by atoms with Crippen molar-refractivity contribution in [1.29, 1.82) is 0 Å². The van der Waals surface area contributed by atoms with E-state index >= 15 is 0 Å². The van der Waals surface area contributed by atoms with E-state index in [2.05, 4.69) is 30.7 Å². The van der Waals surface area contributed by atoms with E-state index in [9.17, 15) is 27.2 Å². The molecule has 1 aromatic heterocycles. The van der Waals surface area contributed by atoms with E-state index in [4.69, 9.17) is 11.6 Å². The first-order chi connectivity index (χ1) is 16.7. The number of nitrogens with zero attached hydrogens (tertiary/aromatic N) is 2. The lowest BCUT2D eigenvalue weighted by atomic mass is 9.93. The lowest BCUT2D eigenvalue weighted by Crippen LogP contribution is -2.38. The van der Waals surface area contributed by atoms with E-state index in [1.165, 1.54) is 18.5 Å². The fourth-order valence-electron chi connectivity index (χ4n) is 3.49. The van der Waals surface area contributed by atoms with Gasteiger partial charge in [0.25, 0.3) is 0 Å². The Labute approximate surface area is 200 Å². The Kier molecular flexibility index (Phi) is 7.01. The summed E-state index contributed by atoms with van der Waals surface area (Å²) in [6.45, 7) is -3.03. The van der Waals surface area contributed by atoms with Crippen LogP contribution in [0.3, 0.4) is 0 Å². The molecule has 0 saturated carbocycles. The zero-order valence-corrected chi connectivity index (χ0v) is 18.4. The molecule has 1 fully saturated rings. The molecule has 4 rings (SSSR count). The average Bonchev–Trinajstić information content (AvgIpc) is 3.26. The topological polar surface area (TPSA) is 105 Å². The summed E-state index contributed by atoms with van der Waals surface area (Å²) in [6.07, 6.45) is 2.49. The van der Waals surface area contributed by atoms with Crippen molar-refractivity contribution in [3.63, 3.8) is 0 Å². The summed E-state index contributed by atoms with van der Waals surface area (Å²) in [5.41, 5.74) is 1.31. The highest BCUT2D eigenvalue weighted by Crippen LogP contribution is 2.36. The molecule has 0 bridgehead atoms. The number of aromatic nitrogens is 2. The quantitative estimate of drug-likeness (QED) is 0.331. The number of carbonyl (C=O) groups excluding carboxylic acids is 2. The van der Waals surface area contributed by atoms with Gasteiger partial charge in [0.15, 0.2) is 5.82 Å². The normalized spacial score (nSPS) is 15.0. The summed E-state index contributed by atoms with van der Waals surface area (Å²) in [5, 5.41) is 6.93. The van der Waals surface area contributed by atoms with Crippen LogP contribution in [0, 0.1) is 11.6 Å². The second-order valence-corrected chi connectivity index (χ2v) is 7.76. The second kappa shape index (κ2) is 10.1. The molecule has 13 heteroatoms. The van der Waals surface area contributed by atoms with Gasteiger partial charge in [-0.05, 0) is 34.9 Å². The molecule has 182 valence electrons. The second-order valence-electron chi connectivity index (χ2n) is 7.38. The molecule has 3 N–H and O–H groups in total. The number of hydrogen-bond acceptors (Lipinski definition) is 5. The number of carbonyl (C=O) groups is 2. The summed E-state index contributed by atoms with van der Waals surface area (Å²) in [6, 6.07) is 4.99. The molecule has 35 heavy (non-hydrogen) atoms. The van der Waals surface area contributed by atoms with Crippen molar-refractivity contribution in [2.75, 3.05) is 11.9 Å². The summed E-state index contributed by atoms with van der Waals surface area (Å²) in [4.78, 5) is 31.5. The number of alkyl halides is 2. The summed E-state index contributed by atoms with van der Waals surface area (Å²) < 4.78 is 57.6. The standard InChI is InChI=1S/C22H16ClF4N5O3/c23-17-14(24)5-4-12(18(17)25)11-2-1-3-15(31-19(33)16-9-28-21(34)32-16)13(11)6-10-7-29-22(30-8-10)35-20(26)27/h1-5,7-8,16,20H,6,9H2,(H,31,33)(H2,28,32,34)/t16-/m0/s1. The SMILES string of the molecule is O=C1NC[C@@H](C(=O)Nc2cccc(-c3ccc(F)c(Cl)c3F)c2Cc2cnc(OC(F)F)nc2)N1. The van der Waals surface area contributed by atoms with Crippen molar-refractivity contribution in [3.05, 3.63) is 70.5 Å². The van der Waals surface area contributed by atoms with Crippen LogP contribution in [-0.4, -0.2) is 41.1 Å². The molecule has 0 unspecified atom stereocenters. The van der Waals surface area contributed by atoms with Crippen LogP contribution in [0.4, 0.5) is 28.0 Å². The van der Waals surface area contributed by atoms with Gasteiger partial charge in [-0.15, -0.1) is 0 Å². The van der Waals surface area contributed by atoms with Gasteiger partial charge in [-0.25, -0.2) is 23.5 Å². The first kappa shape index (κ1) is 24.2. The van der Waals surface area contributed by atoms with Crippen LogP contribution >= 0.6 is 11.6 Å². The molecule has 2 heterocycles. The lowest BCUT2D eigenvalue weighted by Gasteiger charge is -2.18. The first-order valence-electron chi connectivity index (χ1n) is 10.1. The predicted molar refractivity (Wildman–Crippen MR) is 117 cm³/mol. The minimum atomic E-state index is -3.10. The van der Waals surface area contributed by atoms with Crippen molar-refractivity contribution < 1.29 is 31.9 Å². The molecule has 1 saturated heterocycles. The molecule has 1 aliphatic heterocycles. The van der Waals surface area contributed by atoms with E-state index in [1.807, 2.05) is 0 Å². The molecule has 0 spiro atoms. The van der Waals surface area contributed by atoms with Crippen LogP contribution in [0.2, 0.25) is 5.02 Å². The maximum Gasteiger partial charge on any atom is 0.389 e. The molecule has 2 aromatic carbocycles. The number of halogens is 5. The van der Waals surface area contributed by atoms with Crippen molar-refractivity contribution >= 4 is 29.2 Å². The monoisotopic (exact) mass is 509 g/mol. The van der Waals surface area contributed by atoms with Crippen LogP contribution < -0.4 is 20.7 Å². The highest BCUT2D eigenvalue weighted by atomic mass is 35.5. The number of hydrogen-bond donors (Lipinski definition) is 3. The number of amides is 3. The third-order valence-corrected chi connectivity index (χ3v) is 5.45. The van der Waals surface area contributed by atoms with Crippen LogP contribution in [0.5, 0.6) is 6.01 Å². The summed E-state index contributed by atoms with van der Waals surface area (Å²) >= 11 is 5.77. The van der Waals surface area contributed by atoms with Gasteiger partial charge in [0, 0.05) is 36.6 Å². The fraction of sp³-hybridized carbons (Fsp3) is 0.182. The molecule has 8 nitrogen and oxygen atoms in total. The van der Waals surface area contributed by atoms with Crippen LogP contribution in [0.1, 0.15) is 11.1 Å². The molecular formula is C22H16ClF4N5O3. The Balaban J connectivity index is 1.74. The third-order valence-electron chi connectivity index (χ3n) is 5.10. The Morgan fingerprint density at radius 3 is 2.57 bits per heavy atom. The maximum atomic E-state index is 14.9. The zero-order valence-electron chi connectivity index (χ0n) is 17.6. The predicted octanol–water partition coefficient (Wildman–Crippen LogP) is 3.89. The summed E-state index contributed by atoms with van der Waals surface area (Å²) in [5.74, 6) is -2.47.